The third-order valence-electron chi connectivity index (χ3n) is 15.7. The maximum atomic E-state index is 14.2. The van der Waals surface area contributed by atoms with Crippen LogP contribution in [0.1, 0.15) is 16.7 Å². The van der Waals surface area contributed by atoms with E-state index in [4.69, 9.17) is 0 Å². The minimum absolute atomic E-state index is 0.0977. The molecule has 11 aromatic carbocycles. The molecular formula is C69H39F3N6. The highest BCUT2D eigenvalue weighted by atomic mass is 19.4. The van der Waals surface area contributed by atoms with Crippen molar-refractivity contribution in [2.24, 2.45) is 0 Å². The number of halogens is 3. The zero-order chi connectivity index (χ0) is 52.4. The number of benzene rings is 11. The summed E-state index contributed by atoms with van der Waals surface area (Å²) in [6, 6.07) is 82.9. The van der Waals surface area contributed by atoms with Crippen LogP contribution in [0.5, 0.6) is 0 Å². The van der Waals surface area contributed by atoms with E-state index in [0.717, 1.165) is 133 Å². The quantitative estimate of drug-likeness (QED) is 0.167. The summed E-state index contributed by atoms with van der Waals surface area (Å²) in [5.41, 5.74) is 13.5. The van der Waals surface area contributed by atoms with Gasteiger partial charge < -0.3 is 18.3 Å². The normalized spacial score (nSPS) is 12.0. The van der Waals surface area contributed by atoms with Crippen LogP contribution in [-0.4, -0.2) is 18.3 Å². The Balaban J connectivity index is 1.00. The number of nitriles is 2. The lowest BCUT2D eigenvalue weighted by Gasteiger charge is -2.20. The lowest BCUT2D eigenvalue weighted by molar-refractivity contribution is -0.137. The van der Waals surface area contributed by atoms with Crippen molar-refractivity contribution in [2.75, 3.05) is 0 Å². The second kappa shape index (κ2) is 17.0. The van der Waals surface area contributed by atoms with E-state index in [1.165, 1.54) is 6.07 Å². The number of rotatable bonds is 6. The van der Waals surface area contributed by atoms with Gasteiger partial charge in [0.25, 0.3) is 0 Å². The molecule has 6 nitrogen and oxygen atoms in total. The van der Waals surface area contributed by atoms with Crippen LogP contribution in [0.4, 0.5) is 13.2 Å². The second-order valence-electron chi connectivity index (χ2n) is 19.8. The molecule has 0 saturated heterocycles. The molecular weight excluding hydrogens is 970 g/mol. The third kappa shape index (κ3) is 6.62. The molecule has 0 fully saturated rings. The fraction of sp³-hybridized carbons (Fsp3) is 0.0145. The SMILES string of the molecule is N#Cc1ccc(-c2cc(-c3ccc(C(F)(F)F)cc3C#N)ccc2-n2c3ccccc3c3cc(-n4c5ccccc5c5ccccc54)ccc32)c(-n2c3ccccc3c3cc(-n4c5ccccc5c5ccccc54)ccc32)c1. The van der Waals surface area contributed by atoms with Gasteiger partial charge in [-0.05, 0) is 120 Å². The van der Waals surface area contributed by atoms with Gasteiger partial charge in [-0.2, -0.15) is 23.7 Å². The van der Waals surface area contributed by atoms with Crippen molar-refractivity contribution in [3.63, 3.8) is 0 Å². The molecule has 0 N–H and O–H groups in total. The molecule has 0 bridgehead atoms. The van der Waals surface area contributed by atoms with Crippen molar-refractivity contribution in [3.8, 4) is 57.1 Å². The van der Waals surface area contributed by atoms with E-state index in [1.807, 2.05) is 60.7 Å². The highest BCUT2D eigenvalue weighted by Crippen LogP contribution is 2.45. The number of aromatic nitrogens is 4. The summed E-state index contributed by atoms with van der Waals surface area (Å²) in [5.74, 6) is 0. The van der Waals surface area contributed by atoms with Crippen molar-refractivity contribution < 1.29 is 13.2 Å². The average Bonchev–Trinajstić information content (AvgIpc) is 4.36. The smallest absolute Gasteiger partial charge is 0.309 e. The molecule has 0 unspecified atom stereocenters. The Hall–Kier alpha value is -10.6. The maximum Gasteiger partial charge on any atom is 0.416 e. The standard InChI is InChI=1S/C69H39F3N6/c70-69(71,72)45-27-31-48(44(36-45)41-74)43-26-32-65(77-63-23-11-5-17-53(63)57-38-46(28-33-66(57)77)75-59-19-7-1-13-49(59)50-14-2-8-20-60(50)75)56(37-43)55-30-25-42(40-73)35-68(55)78-64-24-12-6-18-54(64)58-39-47(29-34-67(58)78)76-61-21-9-3-15-51(61)52-16-4-10-22-62(52)76/h1-39H. The van der Waals surface area contributed by atoms with Gasteiger partial charge >= 0.3 is 6.18 Å². The first kappa shape index (κ1) is 44.8. The molecule has 0 amide bonds. The summed E-state index contributed by atoms with van der Waals surface area (Å²) in [6.45, 7) is 0. The van der Waals surface area contributed by atoms with Crippen molar-refractivity contribution >= 4 is 87.2 Å². The number of nitrogens with zero attached hydrogens (tertiary/aromatic N) is 6. The average molecular weight is 1010 g/mol. The fourth-order valence-electron chi connectivity index (χ4n) is 12.3. The molecule has 0 atom stereocenters. The minimum atomic E-state index is -4.64. The molecule has 15 aromatic rings. The summed E-state index contributed by atoms with van der Waals surface area (Å²) in [7, 11) is 0. The number of hydrogen-bond acceptors (Lipinski definition) is 2. The zero-order valence-corrected chi connectivity index (χ0v) is 41.3. The van der Waals surface area contributed by atoms with Gasteiger partial charge in [0, 0.05) is 65.6 Å². The van der Waals surface area contributed by atoms with Gasteiger partial charge in [-0.25, -0.2) is 0 Å². The predicted molar refractivity (Wildman–Crippen MR) is 309 cm³/mol. The van der Waals surface area contributed by atoms with E-state index >= 15 is 0 Å². The van der Waals surface area contributed by atoms with Crippen molar-refractivity contribution in [2.45, 2.75) is 6.18 Å². The number of alkyl halides is 3. The topological polar surface area (TPSA) is 67.3 Å². The van der Waals surface area contributed by atoms with Crippen molar-refractivity contribution in [3.05, 3.63) is 253 Å². The van der Waals surface area contributed by atoms with Crippen LogP contribution in [0, 0.1) is 22.7 Å². The summed E-state index contributed by atoms with van der Waals surface area (Å²) in [6.07, 6.45) is -4.64. The predicted octanol–water partition coefficient (Wildman–Crippen LogP) is 18.2. The molecule has 0 aliphatic carbocycles. The minimum Gasteiger partial charge on any atom is -0.309 e. The molecule has 0 saturated carbocycles. The summed E-state index contributed by atoms with van der Waals surface area (Å²) in [5, 5.41) is 29.9. The Bertz CT molecular complexity index is 5020. The Labute approximate surface area is 443 Å². The number of hydrogen-bond donors (Lipinski definition) is 0. The van der Waals surface area contributed by atoms with E-state index in [1.54, 1.807) is 0 Å². The van der Waals surface area contributed by atoms with Gasteiger partial charge in [0.2, 0.25) is 0 Å². The van der Waals surface area contributed by atoms with Gasteiger partial charge in [-0.3, -0.25) is 0 Å². The number of fused-ring (bicyclic) bond motifs is 12. The summed E-state index contributed by atoms with van der Waals surface area (Å²) >= 11 is 0. The third-order valence-corrected chi connectivity index (χ3v) is 15.7. The molecule has 78 heavy (non-hydrogen) atoms. The lowest BCUT2D eigenvalue weighted by atomic mass is 9.92. The summed E-state index contributed by atoms with van der Waals surface area (Å²) in [4.78, 5) is 0. The highest BCUT2D eigenvalue weighted by Gasteiger charge is 2.32. The van der Waals surface area contributed by atoms with Crippen LogP contribution in [-0.2, 0) is 6.18 Å². The molecule has 4 heterocycles. The van der Waals surface area contributed by atoms with Gasteiger partial charge in [0.05, 0.1) is 84.3 Å². The second-order valence-corrected chi connectivity index (χ2v) is 19.8. The van der Waals surface area contributed by atoms with Gasteiger partial charge in [0.15, 0.2) is 0 Å². The van der Waals surface area contributed by atoms with Crippen LogP contribution >= 0.6 is 0 Å². The first-order chi connectivity index (χ1) is 38.2. The van der Waals surface area contributed by atoms with Crippen LogP contribution in [0.2, 0.25) is 0 Å². The summed E-state index contributed by atoms with van der Waals surface area (Å²) < 4.78 is 51.6. The molecule has 366 valence electrons. The molecule has 0 aliphatic heterocycles. The van der Waals surface area contributed by atoms with Crippen molar-refractivity contribution in [1.29, 1.82) is 10.5 Å². The molecule has 0 spiro atoms. The molecule has 0 aliphatic rings. The van der Waals surface area contributed by atoms with E-state index in [-0.39, 0.29) is 5.56 Å². The monoisotopic (exact) mass is 1010 g/mol. The first-order valence-electron chi connectivity index (χ1n) is 25.6. The zero-order valence-electron chi connectivity index (χ0n) is 41.3. The van der Waals surface area contributed by atoms with Crippen LogP contribution in [0.25, 0.3) is 132 Å². The fourth-order valence-corrected chi connectivity index (χ4v) is 12.3. The van der Waals surface area contributed by atoms with E-state index in [0.29, 0.717) is 16.7 Å². The molecule has 4 aromatic heterocycles. The van der Waals surface area contributed by atoms with Crippen molar-refractivity contribution in [1.82, 2.24) is 18.3 Å². The Morgan fingerprint density at radius 1 is 0.308 bits per heavy atom. The maximum absolute atomic E-state index is 14.2. The van der Waals surface area contributed by atoms with E-state index < -0.39 is 11.7 Å². The van der Waals surface area contributed by atoms with Crippen LogP contribution in [0.15, 0.2) is 237 Å². The Morgan fingerprint density at radius 2 is 0.718 bits per heavy atom. The molecule has 9 heteroatoms. The lowest BCUT2D eigenvalue weighted by Crippen LogP contribution is -2.05. The van der Waals surface area contributed by atoms with Crippen LogP contribution in [0.3, 0.4) is 0 Å². The molecule has 0 radical (unpaired) electrons. The highest BCUT2D eigenvalue weighted by molar-refractivity contribution is 6.15. The van der Waals surface area contributed by atoms with Gasteiger partial charge in [-0.15, -0.1) is 0 Å². The Kier molecular flexibility index (Phi) is 9.75. The van der Waals surface area contributed by atoms with E-state index in [9.17, 15) is 23.7 Å². The first-order valence-corrected chi connectivity index (χ1v) is 25.6. The molecule has 15 rings (SSSR count). The number of para-hydroxylation sites is 6. The van der Waals surface area contributed by atoms with Gasteiger partial charge in [0.1, 0.15) is 0 Å². The van der Waals surface area contributed by atoms with Crippen LogP contribution < -0.4 is 0 Å². The van der Waals surface area contributed by atoms with Gasteiger partial charge in [-0.1, -0.05) is 127 Å². The Morgan fingerprint density at radius 3 is 1.17 bits per heavy atom. The van der Waals surface area contributed by atoms with E-state index in [2.05, 4.69) is 188 Å². The largest absolute Gasteiger partial charge is 0.416 e.